The number of alkyl halides is 3. The lowest BCUT2D eigenvalue weighted by Gasteiger charge is -2.25. The van der Waals surface area contributed by atoms with Crippen molar-refractivity contribution in [2.45, 2.75) is 39.4 Å². The Balaban J connectivity index is 1.92. The molecular weight excluding hydrogens is 543 g/mol. The van der Waals surface area contributed by atoms with Crippen molar-refractivity contribution in [2.24, 2.45) is 4.99 Å². The van der Waals surface area contributed by atoms with Crippen LogP contribution in [0.25, 0.3) is 6.08 Å². The van der Waals surface area contributed by atoms with Crippen LogP contribution < -0.4 is 24.5 Å². The van der Waals surface area contributed by atoms with Crippen LogP contribution in [0.4, 0.5) is 18.9 Å². The van der Waals surface area contributed by atoms with Crippen LogP contribution in [0.5, 0.6) is 5.75 Å². The van der Waals surface area contributed by atoms with Gasteiger partial charge in [-0.2, -0.15) is 13.2 Å². The second-order valence-electron chi connectivity index (χ2n) is 9.00. The first-order chi connectivity index (χ1) is 19.1. The van der Waals surface area contributed by atoms with Gasteiger partial charge in [0.1, 0.15) is 5.75 Å². The van der Waals surface area contributed by atoms with Crippen molar-refractivity contribution in [3.8, 4) is 5.75 Å². The van der Waals surface area contributed by atoms with Gasteiger partial charge >= 0.3 is 12.1 Å². The fourth-order valence-electron chi connectivity index (χ4n) is 4.67. The van der Waals surface area contributed by atoms with E-state index in [2.05, 4.69) is 4.99 Å². The van der Waals surface area contributed by atoms with Crippen LogP contribution in [-0.2, 0) is 9.53 Å². The molecule has 0 aliphatic carbocycles. The van der Waals surface area contributed by atoms with Gasteiger partial charge in [0.2, 0.25) is 0 Å². The van der Waals surface area contributed by atoms with Crippen LogP contribution in [0, 0.1) is 0 Å². The Morgan fingerprint density at radius 1 is 1.12 bits per heavy atom. The number of nitrogens with zero attached hydrogens (tertiary/aromatic N) is 3. The molecule has 40 heavy (non-hydrogen) atoms. The van der Waals surface area contributed by atoms with Crippen molar-refractivity contribution >= 4 is 29.1 Å². The summed E-state index contributed by atoms with van der Waals surface area (Å²) in [6.45, 7) is 5.62. The lowest BCUT2D eigenvalue weighted by molar-refractivity contribution is -0.153. The number of carbonyl (C=O) groups excluding carboxylic acids is 1. The largest absolute Gasteiger partial charge is 0.483 e. The molecule has 1 aliphatic heterocycles. The number of aromatic nitrogens is 1. The third-order valence-electron chi connectivity index (χ3n) is 6.57. The van der Waals surface area contributed by atoms with E-state index in [1.165, 1.54) is 17.8 Å². The maximum Gasteiger partial charge on any atom is 0.422 e. The van der Waals surface area contributed by atoms with Gasteiger partial charge in [0.15, 0.2) is 11.4 Å². The molecule has 0 spiro atoms. The molecule has 7 nitrogen and oxygen atoms in total. The molecule has 2 aromatic carbocycles. The highest BCUT2D eigenvalue weighted by Gasteiger charge is 2.34. The van der Waals surface area contributed by atoms with E-state index in [-0.39, 0.29) is 15.9 Å². The normalized spacial score (nSPS) is 15.5. The molecule has 0 saturated carbocycles. The van der Waals surface area contributed by atoms with Gasteiger partial charge in [-0.1, -0.05) is 48.6 Å². The van der Waals surface area contributed by atoms with Gasteiger partial charge in [0.25, 0.3) is 5.56 Å². The number of fused-ring (bicyclic) bond motifs is 1. The van der Waals surface area contributed by atoms with Crippen molar-refractivity contribution < 1.29 is 27.4 Å². The molecule has 0 amide bonds. The average Bonchev–Trinajstić information content (AvgIpc) is 3.26. The standard InChI is InChI=1S/C29H30F3N3O4S/c1-5-21-24(27(37)38-4)25(18-11-9-8-10-12-18)35-26(36)23(40-28(35)33-21)15-19-13-14-20(34(6-2)7-3)16-22(19)39-17-29(30,31)32/h8-16,25H,5-7,17H2,1-4H3/b23-15-/t25-/m1/s1. The van der Waals surface area contributed by atoms with E-state index in [9.17, 15) is 22.8 Å². The van der Waals surface area contributed by atoms with Crippen LogP contribution in [0.2, 0.25) is 0 Å². The second kappa shape index (κ2) is 12.1. The number of hydrogen-bond donors (Lipinski definition) is 0. The highest BCUT2D eigenvalue weighted by atomic mass is 32.1. The number of methoxy groups -OCH3 is 1. The Hall–Kier alpha value is -3.86. The predicted octanol–water partition coefficient (Wildman–Crippen LogP) is 4.59. The Labute approximate surface area is 233 Å². The second-order valence-corrected chi connectivity index (χ2v) is 10.0. The van der Waals surface area contributed by atoms with Gasteiger partial charge in [0.05, 0.1) is 29.0 Å². The van der Waals surface area contributed by atoms with Crippen molar-refractivity contribution in [3.63, 3.8) is 0 Å². The quantitative estimate of drug-likeness (QED) is 0.351. The minimum absolute atomic E-state index is 0.0108. The van der Waals surface area contributed by atoms with Gasteiger partial charge in [-0.05, 0) is 44.0 Å². The molecule has 0 radical (unpaired) electrons. The van der Waals surface area contributed by atoms with Crippen molar-refractivity contribution in [3.05, 3.63) is 90.6 Å². The third-order valence-corrected chi connectivity index (χ3v) is 7.55. The molecule has 0 N–H and O–H groups in total. The van der Waals surface area contributed by atoms with E-state index in [0.29, 0.717) is 46.8 Å². The van der Waals surface area contributed by atoms with Crippen LogP contribution >= 0.6 is 11.3 Å². The molecule has 2 heterocycles. The lowest BCUT2D eigenvalue weighted by Crippen LogP contribution is -2.40. The molecule has 0 bridgehead atoms. The molecule has 0 unspecified atom stereocenters. The third kappa shape index (κ3) is 5.99. The smallest absolute Gasteiger partial charge is 0.422 e. The van der Waals surface area contributed by atoms with E-state index < -0.39 is 30.4 Å². The summed E-state index contributed by atoms with van der Waals surface area (Å²) in [5.74, 6) is -0.574. The number of allylic oxidation sites excluding steroid dienone is 1. The van der Waals surface area contributed by atoms with Crippen LogP contribution in [0.1, 0.15) is 44.4 Å². The molecular formula is C29H30F3N3O4S. The topological polar surface area (TPSA) is 73.1 Å². The van der Waals surface area contributed by atoms with Crippen molar-refractivity contribution in [1.29, 1.82) is 0 Å². The van der Waals surface area contributed by atoms with Crippen LogP contribution in [0.3, 0.4) is 0 Å². The summed E-state index contributed by atoms with van der Waals surface area (Å²) < 4.78 is 51.1. The van der Waals surface area contributed by atoms with E-state index in [1.807, 2.05) is 56.0 Å². The van der Waals surface area contributed by atoms with E-state index >= 15 is 0 Å². The zero-order valence-corrected chi connectivity index (χ0v) is 23.4. The van der Waals surface area contributed by atoms with Gasteiger partial charge in [0, 0.05) is 30.4 Å². The van der Waals surface area contributed by atoms with Gasteiger partial charge in [-0.15, -0.1) is 0 Å². The first-order valence-corrected chi connectivity index (χ1v) is 13.7. The highest BCUT2D eigenvalue weighted by molar-refractivity contribution is 7.07. The summed E-state index contributed by atoms with van der Waals surface area (Å²) in [5.41, 5.74) is 2.09. The number of thiazole rings is 1. The molecule has 1 aromatic heterocycles. The minimum atomic E-state index is -4.53. The van der Waals surface area contributed by atoms with Crippen molar-refractivity contribution in [2.75, 3.05) is 31.7 Å². The summed E-state index contributed by atoms with van der Waals surface area (Å²) in [6, 6.07) is 13.3. The number of rotatable bonds is 9. The number of esters is 1. The molecule has 0 fully saturated rings. The molecule has 11 heteroatoms. The molecule has 212 valence electrons. The molecule has 3 aromatic rings. The fourth-order valence-corrected chi connectivity index (χ4v) is 5.68. The summed E-state index contributed by atoms with van der Waals surface area (Å²) >= 11 is 1.10. The van der Waals surface area contributed by atoms with Crippen molar-refractivity contribution in [1.82, 2.24) is 4.57 Å². The number of carbonyl (C=O) groups is 1. The average molecular weight is 574 g/mol. The zero-order chi connectivity index (χ0) is 29.0. The first-order valence-electron chi connectivity index (χ1n) is 12.9. The number of benzene rings is 2. The molecule has 1 aliphatic rings. The maximum atomic E-state index is 13.8. The van der Waals surface area contributed by atoms with Gasteiger partial charge in [-0.25, -0.2) is 9.79 Å². The van der Waals surface area contributed by atoms with E-state index in [4.69, 9.17) is 9.47 Å². The number of halogens is 3. The molecule has 0 saturated heterocycles. The lowest BCUT2D eigenvalue weighted by atomic mass is 9.95. The first kappa shape index (κ1) is 29.1. The fraction of sp³-hybridized carbons (Fsp3) is 0.345. The van der Waals surface area contributed by atoms with Crippen LogP contribution in [-0.4, -0.2) is 43.5 Å². The Kier molecular flexibility index (Phi) is 8.82. The SMILES string of the molecule is CCC1=C(C(=O)OC)[C@@H](c2ccccc2)n2c(s/c(=C\c3ccc(N(CC)CC)cc3OCC(F)(F)F)c2=O)=N1. The summed E-state index contributed by atoms with van der Waals surface area (Å²) in [4.78, 5) is 33.7. The molecule has 1 atom stereocenters. The number of anilines is 1. The summed E-state index contributed by atoms with van der Waals surface area (Å²) in [7, 11) is 1.28. The number of hydrogen-bond acceptors (Lipinski definition) is 7. The van der Waals surface area contributed by atoms with E-state index in [1.54, 1.807) is 18.2 Å². The highest BCUT2D eigenvalue weighted by Crippen LogP contribution is 2.32. The number of ether oxygens (including phenoxy) is 2. The summed E-state index contributed by atoms with van der Waals surface area (Å²) in [5, 5.41) is 0. The van der Waals surface area contributed by atoms with Gasteiger partial charge < -0.3 is 14.4 Å². The van der Waals surface area contributed by atoms with Crippen LogP contribution in [0.15, 0.2) is 69.6 Å². The Bertz CT molecular complexity index is 1590. The zero-order valence-electron chi connectivity index (χ0n) is 22.6. The summed E-state index contributed by atoms with van der Waals surface area (Å²) in [6.07, 6.45) is -2.59. The monoisotopic (exact) mass is 573 g/mol. The predicted molar refractivity (Wildman–Crippen MR) is 148 cm³/mol. The maximum absolute atomic E-state index is 13.8. The molecule has 4 rings (SSSR count). The minimum Gasteiger partial charge on any atom is -0.483 e. The Morgan fingerprint density at radius 3 is 2.42 bits per heavy atom. The van der Waals surface area contributed by atoms with E-state index in [0.717, 1.165) is 11.3 Å². The Morgan fingerprint density at radius 2 is 1.82 bits per heavy atom. The van der Waals surface area contributed by atoms with Gasteiger partial charge in [-0.3, -0.25) is 9.36 Å².